The number of nitrogens with one attached hydrogen (secondary N) is 1. The van der Waals surface area contributed by atoms with Gasteiger partial charge in [-0.1, -0.05) is 0 Å². The molecule has 0 bridgehead atoms. The predicted molar refractivity (Wildman–Crippen MR) is 112 cm³/mol. The lowest BCUT2D eigenvalue weighted by Crippen LogP contribution is -2.34. The average Bonchev–Trinajstić information content (AvgIpc) is 3.19. The SMILES string of the molecule is Cc1cc(-c2csc(NC(=O)CN(C)S(C)(=O)=O)n2)c(C)n1-c1ccc(F)cc1. The summed E-state index contributed by atoms with van der Waals surface area (Å²) in [6, 6.07) is 8.24. The Labute approximate surface area is 172 Å². The first-order valence-electron chi connectivity index (χ1n) is 8.68. The van der Waals surface area contributed by atoms with Gasteiger partial charge in [0.1, 0.15) is 5.82 Å². The highest BCUT2D eigenvalue weighted by molar-refractivity contribution is 7.88. The number of halogens is 1. The molecule has 10 heteroatoms. The summed E-state index contributed by atoms with van der Waals surface area (Å²) in [6.45, 7) is 3.62. The van der Waals surface area contributed by atoms with Gasteiger partial charge in [0.15, 0.2) is 5.13 Å². The van der Waals surface area contributed by atoms with E-state index in [0.29, 0.717) is 10.8 Å². The Morgan fingerprint density at radius 1 is 1.28 bits per heavy atom. The van der Waals surface area contributed by atoms with Crippen molar-refractivity contribution >= 4 is 32.4 Å². The first-order chi connectivity index (χ1) is 13.6. The van der Waals surface area contributed by atoms with Crippen LogP contribution >= 0.6 is 11.3 Å². The van der Waals surface area contributed by atoms with Crippen LogP contribution in [0, 0.1) is 19.7 Å². The molecule has 7 nitrogen and oxygen atoms in total. The van der Waals surface area contributed by atoms with Gasteiger partial charge < -0.3 is 9.88 Å². The van der Waals surface area contributed by atoms with Crippen LogP contribution in [0.2, 0.25) is 0 Å². The van der Waals surface area contributed by atoms with Gasteiger partial charge in [-0.05, 0) is 44.2 Å². The number of aryl methyl sites for hydroxylation is 1. The van der Waals surface area contributed by atoms with Crippen molar-refractivity contribution in [2.24, 2.45) is 0 Å². The number of nitrogens with zero attached hydrogens (tertiary/aromatic N) is 3. The zero-order valence-corrected chi connectivity index (χ0v) is 18.1. The van der Waals surface area contributed by atoms with Crippen LogP contribution in [0.15, 0.2) is 35.7 Å². The maximum Gasteiger partial charge on any atom is 0.241 e. The maximum atomic E-state index is 13.2. The Balaban J connectivity index is 1.81. The molecule has 0 spiro atoms. The number of carbonyl (C=O) groups is 1. The zero-order chi connectivity index (χ0) is 21.3. The molecule has 0 radical (unpaired) electrons. The zero-order valence-electron chi connectivity index (χ0n) is 16.4. The molecule has 0 aliphatic carbocycles. The molecule has 0 saturated carbocycles. The number of amides is 1. The van der Waals surface area contributed by atoms with Crippen LogP contribution in [-0.4, -0.2) is 48.0 Å². The smallest absolute Gasteiger partial charge is 0.241 e. The highest BCUT2D eigenvalue weighted by atomic mass is 32.2. The van der Waals surface area contributed by atoms with Crippen molar-refractivity contribution in [1.82, 2.24) is 13.9 Å². The van der Waals surface area contributed by atoms with Gasteiger partial charge in [0.2, 0.25) is 15.9 Å². The largest absolute Gasteiger partial charge is 0.318 e. The Kier molecular flexibility index (Phi) is 5.87. The number of rotatable bonds is 6. The molecule has 1 N–H and O–H groups in total. The second-order valence-electron chi connectivity index (χ2n) is 6.70. The van der Waals surface area contributed by atoms with Crippen LogP contribution in [0.4, 0.5) is 9.52 Å². The van der Waals surface area contributed by atoms with Crippen molar-refractivity contribution in [2.45, 2.75) is 13.8 Å². The number of hydrogen-bond acceptors (Lipinski definition) is 5. The Morgan fingerprint density at radius 3 is 2.55 bits per heavy atom. The standard InChI is InChI=1S/C19H21FN4O3S2/c1-12-9-16(13(2)24(12)15-7-5-14(20)6-8-15)17-11-28-19(21-17)22-18(25)10-23(3)29(4,26)27/h5-9,11H,10H2,1-4H3,(H,21,22,25). The van der Waals surface area contributed by atoms with Crippen molar-refractivity contribution in [2.75, 3.05) is 25.2 Å². The van der Waals surface area contributed by atoms with Crippen molar-refractivity contribution in [3.05, 3.63) is 52.9 Å². The van der Waals surface area contributed by atoms with Gasteiger partial charge in [-0.25, -0.2) is 17.8 Å². The van der Waals surface area contributed by atoms with E-state index in [0.717, 1.165) is 33.2 Å². The molecule has 1 aromatic carbocycles. The third-order valence-electron chi connectivity index (χ3n) is 4.47. The quantitative estimate of drug-likeness (QED) is 0.643. The molecule has 2 heterocycles. The number of hydrogen-bond donors (Lipinski definition) is 1. The lowest BCUT2D eigenvalue weighted by Gasteiger charge is -2.12. The van der Waals surface area contributed by atoms with Gasteiger partial charge in [-0.15, -0.1) is 11.3 Å². The summed E-state index contributed by atoms with van der Waals surface area (Å²) in [5, 5.41) is 4.84. The molecular weight excluding hydrogens is 415 g/mol. The van der Waals surface area contributed by atoms with Crippen LogP contribution in [-0.2, 0) is 14.8 Å². The minimum atomic E-state index is -3.44. The molecule has 3 aromatic rings. The summed E-state index contributed by atoms with van der Waals surface area (Å²) in [7, 11) is -2.10. The summed E-state index contributed by atoms with van der Waals surface area (Å²) in [5.74, 6) is -0.756. The number of sulfonamides is 1. The molecule has 29 heavy (non-hydrogen) atoms. The van der Waals surface area contributed by atoms with Crippen LogP contribution in [0.5, 0.6) is 0 Å². The van der Waals surface area contributed by atoms with E-state index in [4.69, 9.17) is 0 Å². The third kappa shape index (κ3) is 4.72. The fourth-order valence-electron chi connectivity index (χ4n) is 2.94. The second-order valence-corrected chi connectivity index (χ2v) is 9.65. The summed E-state index contributed by atoms with van der Waals surface area (Å²) in [5.41, 5.74) is 4.35. The van der Waals surface area contributed by atoms with Crippen molar-refractivity contribution in [3.63, 3.8) is 0 Å². The molecule has 0 saturated heterocycles. The van der Waals surface area contributed by atoms with E-state index >= 15 is 0 Å². The van der Waals surface area contributed by atoms with E-state index in [-0.39, 0.29) is 12.4 Å². The topological polar surface area (TPSA) is 84.3 Å². The van der Waals surface area contributed by atoms with Gasteiger partial charge in [0, 0.05) is 35.1 Å². The summed E-state index contributed by atoms with van der Waals surface area (Å²) >= 11 is 1.26. The maximum absolute atomic E-state index is 13.2. The normalized spacial score (nSPS) is 11.8. The van der Waals surface area contributed by atoms with Gasteiger partial charge in [-0.2, -0.15) is 4.31 Å². The molecule has 0 aliphatic heterocycles. The van der Waals surface area contributed by atoms with E-state index in [9.17, 15) is 17.6 Å². The lowest BCUT2D eigenvalue weighted by atomic mass is 10.2. The Morgan fingerprint density at radius 2 is 1.93 bits per heavy atom. The fourth-order valence-corrected chi connectivity index (χ4v) is 4.02. The molecule has 0 aliphatic rings. The van der Waals surface area contributed by atoms with E-state index < -0.39 is 15.9 Å². The first kappa shape index (κ1) is 21.2. The van der Waals surface area contributed by atoms with Crippen LogP contribution in [0.25, 0.3) is 16.9 Å². The van der Waals surface area contributed by atoms with Crippen LogP contribution in [0.3, 0.4) is 0 Å². The number of likely N-dealkylation sites (N-methyl/N-ethyl adjacent to an activating group) is 1. The van der Waals surface area contributed by atoms with Crippen LogP contribution in [0.1, 0.15) is 11.4 Å². The third-order valence-corrected chi connectivity index (χ3v) is 6.49. The van der Waals surface area contributed by atoms with Gasteiger partial charge in [-0.3, -0.25) is 4.79 Å². The van der Waals surface area contributed by atoms with E-state index in [1.165, 1.54) is 30.5 Å². The molecular formula is C19H21FN4O3S2. The monoisotopic (exact) mass is 436 g/mol. The predicted octanol–water partition coefficient (Wildman–Crippen LogP) is 3.19. The highest BCUT2D eigenvalue weighted by Crippen LogP contribution is 2.31. The van der Waals surface area contributed by atoms with Crippen molar-refractivity contribution in [3.8, 4) is 16.9 Å². The minimum Gasteiger partial charge on any atom is -0.318 e. The van der Waals surface area contributed by atoms with Crippen molar-refractivity contribution < 1.29 is 17.6 Å². The Hall–Kier alpha value is -2.56. The minimum absolute atomic E-state index is 0.285. The molecule has 0 unspecified atom stereocenters. The van der Waals surface area contributed by atoms with Gasteiger partial charge >= 0.3 is 0 Å². The van der Waals surface area contributed by atoms with Crippen LogP contribution < -0.4 is 5.32 Å². The number of aromatic nitrogens is 2. The highest BCUT2D eigenvalue weighted by Gasteiger charge is 2.18. The first-order valence-corrected chi connectivity index (χ1v) is 11.4. The average molecular weight is 437 g/mol. The molecule has 0 atom stereocenters. The molecule has 154 valence electrons. The number of carbonyl (C=O) groups excluding carboxylic acids is 1. The summed E-state index contributed by atoms with van der Waals surface area (Å²) in [6.07, 6.45) is 1.04. The Bertz CT molecular complexity index is 1150. The van der Waals surface area contributed by atoms with E-state index in [2.05, 4.69) is 10.3 Å². The molecule has 2 aromatic heterocycles. The fraction of sp³-hybridized carbons (Fsp3) is 0.263. The second kappa shape index (κ2) is 8.05. The summed E-state index contributed by atoms with van der Waals surface area (Å²) < 4.78 is 39.1. The summed E-state index contributed by atoms with van der Waals surface area (Å²) in [4.78, 5) is 16.5. The molecule has 3 rings (SSSR count). The van der Waals surface area contributed by atoms with Gasteiger partial charge in [0.25, 0.3) is 0 Å². The van der Waals surface area contributed by atoms with E-state index in [1.807, 2.05) is 29.9 Å². The molecule has 0 fully saturated rings. The van der Waals surface area contributed by atoms with E-state index in [1.54, 1.807) is 12.1 Å². The van der Waals surface area contributed by atoms with Crippen molar-refractivity contribution in [1.29, 1.82) is 0 Å². The lowest BCUT2D eigenvalue weighted by molar-refractivity contribution is -0.116. The number of anilines is 1. The number of benzene rings is 1. The number of thiazole rings is 1. The molecule has 1 amide bonds. The van der Waals surface area contributed by atoms with Gasteiger partial charge in [0.05, 0.1) is 18.5 Å².